The van der Waals surface area contributed by atoms with Gasteiger partial charge in [0.15, 0.2) is 0 Å². The number of benzene rings is 1. The zero-order valence-corrected chi connectivity index (χ0v) is 14.2. The van der Waals surface area contributed by atoms with E-state index in [4.69, 9.17) is 16.3 Å². The Morgan fingerprint density at radius 2 is 2.09 bits per heavy atom. The summed E-state index contributed by atoms with van der Waals surface area (Å²) < 4.78 is 31.5. The highest BCUT2D eigenvalue weighted by atomic mass is 35.5. The van der Waals surface area contributed by atoms with Gasteiger partial charge in [0, 0.05) is 6.54 Å². The highest BCUT2D eigenvalue weighted by Crippen LogP contribution is 2.24. The molecular formula is C14H19ClN2O4S. The number of amides is 1. The smallest absolute Gasteiger partial charge is 0.255 e. The minimum Gasteiger partial charge on any atom is -0.375 e. The Morgan fingerprint density at radius 1 is 1.41 bits per heavy atom. The van der Waals surface area contributed by atoms with Crippen LogP contribution in [0.5, 0.6) is 0 Å². The van der Waals surface area contributed by atoms with Crippen LogP contribution in [-0.4, -0.2) is 51.6 Å². The van der Waals surface area contributed by atoms with Crippen molar-refractivity contribution in [1.29, 1.82) is 0 Å². The minimum atomic E-state index is -3.63. The molecule has 1 aromatic rings. The van der Waals surface area contributed by atoms with Crippen LogP contribution in [-0.2, 0) is 14.8 Å². The third kappa shape index (κ3) is 3.43. The Kier molecular flexibility index (Phi) is 5.11. The van der Waals surface area contributed by atoms with Gasteiger partial charge in [-0.3, -0.25) is 4.79 Å². The van der Waals surface area contributed by atoms with E-state index in [2.05, 4.69) is 4.72 Å². The maximum atomic E-state index is 12.7. The van der Waals surface area contributed by atoms with Gasteiger partial charge >= 0.3 is 0 Å². The van der Waals surface area contributed by atoms with E-state index < -0.39 is 10.0 Å². The van der Waals surface area contributed by atoms with Crippen molar-refractivity contribution in [2.45, 2.75) is 30.9 Å². The maximum Gasteiger partial charge on any atom is 0.255 e. The first-order chi connectivity index (χ1) is 10.3. The topological polar surface area (TPSA) is 75.7 Å². The summed E-state index contributed by atoms with van der Waals surface area (Å²) in [6, 6.07) is 4.01. The molecule has 0 unspecified atom stereocenters. The lowest BCUT2D eigenvalue weighted by Gasteiger charge is -2.37. The molecule has 1 aromatic carbocycles. The number of ether oxygens (including phenoxy) is 1. The molecule has 22 heavy (non-hydrogen) atoms. The fraction of sp³-hybridized carbons (Fsp3) is 0.500. The molecule has 122 valence electrons. The van der Waals surface area contributed by atoms with Crippen molar-refractivity contribution in [2.75, 3.05) is 20.2 Å². The van der Waals surface area contributed by atoms with Gasteiger partial charge in [-0.05, 0) is 39.1 Å². The quantitative estimate of drug-likeness (QED) is 0.899. The van der Waals surface area contributed by atoms with Crippen LogP contribution in [0, 0.1) is 0 Å². The number of morpholine rings is 1. The average Bonchev–Trinajstić information content (AvgIpc) is 2.49. The number of halogens is 1. The van der Waals surface area contributed by atoms with Crippen LogP contribution in [0.2, 0.25) is 5.02 Å². The van der Waals surface area contributed by atoms with Gasteiger partial charge in [0.25, 0.3) is 5.91 Å². The summed E-state index contributed by atoms with van der Waals surface area (Å²) in [6.45, 7) is 4.65. The number of nitrogens with one attached hydrogen (secondary N) is 1. The van der Waals surface area contributed by atoms with Gasteiger partial charge < -0.3 is 9.64 Å². The molecule has 6 nitrogen and oxygen atoms in total. The van der Waals surface area contributed by atoms with E-state index in [0.29, 0.717) is 13.2 Å². The third-order valence-electron chi connectivity index (χ3n) is 3.62. The number of carbonyl (C=O) groups excluding carboxylic acids is 1. The predicted molar refractivity (Wildman–Crippen MR) is 83.6 cm³/mol. The molecule has 1 saturated heterocycles. The normalized spacial score (nSPS) is 22.6. The fourth-order valence-corrected chi connectivity index (χ4v) is 3.25. The van der Waals surface area contributed by atoms with Gasteiger partial charge in [-0.1, -0.05) is 11.6 Å². The summed E-state index contributed by atoms with van der Waals surface area (Å²) in [7, 11) is -2.31. The second-order valence-electron chi connectivity index (χ2n) is 5.30. The van der Waals surface area contributed by atoms with Gasteiger partial charge in [0.2, 0.25) is 10.0 Å². The van der Waals surface area contributed by atoms with Crippen LogP contribution in [0.1, 0.15) is 24.2 Å². The molecule has 0 aromatic heterocycles. The predicted octanol–water partition coefficient (Wildman–Crippen LogP) is 1.50. The standard InChI is InChI=1S/C14H19ClN2O4S/c1-9-8-21-10(2)7-17(9)14(18)12-6-11(4-5-13(12)15)22(19,20)16-3/h4-6,9-10,16H,7-8H2,1-3H3/t9-,10-/m0/s1. The number of rotatable bonds is 3. The molecule has 0 spiro atoms. The van der Waals surface area contributed by atoms with Crippen molar-refractivity contribution >= 4 is 27.5 Å². The number of carbonyl (C=O) groups is 1. The molecule has 1 N–H and O–H groups in total. The monoisotopic (exact) mass is 346 g/mol. The Bertz CT molecular complexity index is 677. The fourth-order valence-electron chi connectivity index (χ4n) is 2.29. The van der Waals surface area contributed by atoms with Crippen LogP contribution in [0.15, 0.2) is 23.1 Å². The molecule has 2 atom stereocenters. The second kappa shape index (κ2) is 6.54. The van der Waals surface area contributed by atoms with Crippen molar-refractivity contribution in [2.24, 2.45) is 0 Å². The van der Waals surface area contributed by atoms with Crippen LogP contribution in [0.3, 0.4) is 0 Å². The molecule has 8 heteroatoms. The summed E-state index contributed by atoms with van der Waals surface area (Å²) in [5.74, 6) is -0.291. The van der Waals surface area contributed by atoms with E-state index in [-0.39, 0.29) is 33.5 Å². The van der Waals surface area contributed by atoms with Gasteiger partial charge in [0.05, 0.1) is 34.2 Å². The molecule has 0 bridgehead atoms. The molecule has 0 radical (unpaired) electrons. The largest absolute Gasteiger partial charge is 0.375 e. The lowest BCUT2D eigenvalue weighted by Crippen LogP contribution is -2.50. The highest BCUT2D eigenvalue weighted by Gasteiger charge is 2.30. The van der Waals surface area contributed by atoms with Crippen molar-refractivity contribution in [1.82, 2.24) is 9.62 Å². The molecule has 0 saturated carbocycles. The zero-order chi connectivity index (χ0) is 16.5. The van der Waals surface area contributed by atoms with Gasteiger partial charge in [-0.25, -0.2) is 13.1 Å². The van der Waals surface area contributed by atoms with E-state index in [1.54, 1.807) is 4.90 Å². The van der Waals surface area contributed by atoms with Crippen LogP contribution < -0.4 is 4.72 Å². The van der Waals surface area contributed by atoms with Crippen LogP contribution >= 0.6 is 11.6 Å². The number of hydrogen-bond donors (Lipinski definition) is 1. The molecule has 1 amide bonds. The van der Waals surface area contributed by atoms with Gasteiger partial charge in [-0.2, -0.15) is 0 Å². The number of nitrogens with zero attached hydrogens (tertiary/aromatic N) is 1. The SMILES string of the molecule is CNS(=O)(=O)c1ccc(Cl)c(C(=O)N2C[C@H](C)OC[C@@H]2C)c1. The summed E-state index contributed by atoms with van der Waals surface area (Å²) in [4.78, 5) is 14.4. The summed E-state index contributed by atoms with van der Waals surface area (Å²) >= 11 is 6.09. The lowest BCUT2D eigenvalue weighted by molar-refractivity contribution is -0.0387. The Hall–Kier alpha value is -1.15. The Balaban J connectivity index is 2.39. The Labute approximate surface area is 135 Å². The van der Waals surface area contributed by atoms with E-state index in [1.807, 2.05) is 13.8 Å². The molecule has 1 aliphatic heterocycles. The second-order valence-corrected chi connectivity index (χ2v) is 7.59. The first-order valence-electron chi connectivity index (χ1n) is 6.92. The Morgan fingerprint density at radius 3 is 2.73 bits per heavy atom. The molecular weight excluding hydrogens is 328 g/mol. The number of sulfonamides is 1. The first-order valence-corrected chi connectivity index (χ1v) is 8.78. The minimum absolute atomic E-state index is 0.0108. The van der Waals surface area contributed by atoms with Crippen molar-refractivity contribution in [3.8, 4) is 0 Å². The number of hydrogen-bond acceptors (Lipinski definition) is 4. The van der Waals surface area contributed by atoms with Crippen LogP contribution in [0.25, 0.3) is 0 Å². The molecule has 2 rings (SSSR count). The summed E-state index contributed by atoms with van der Waals surface area (Å²) in [6.07, 6.45) is -0.0665. The highest BCUT2D eigenvalue weighted by molar-refractivity contribution is 7.89. The van der Waals surface area contributed by atoms with E-state index in [1.165, 1.54) is 25.2 Å². The molecule has 1 heterocycles. The first kappa shape index (κ1) is 17.2. The van der Waals surface area contributed by atoms with Crippen molar-refractivity contribution < 1.29 is 17.9 Å². The van der Waals surface area contributed by atoms with E-state index >= 15 is 0 Å². The summed E-state index contributed by atoms with van der Waals surface area (Å²) in [5.41, 5.74) is 0.180. The van der Waals surface area contributed by atoms with Crippen LogP contribution in [0.4, 0.5) is 0 Å². The molecule has 1 aliphatic rings. The average molecular weight is 347 g/mol. The van der Waals surface area contributed by atoms with E-state index in [9.17, 15) is 13.2 Å². The van der Waals surface area contributed by atoms with Gasteiger partial charge in [0.1, 0.15) is 0 Å². The van der Waals surface area contributed by atoms with E-state index in [0.717, 1.165) is 0 Å². The summed E-state index contributed by atoms with van der Waals surface area (Å²) in [5, 5.41) is 0.228. The lowest BCUT2D eigenvalue weighted by atomic mass is 10.1. The molecule has 1 fully saturated rings. The molecule has 0 aliphatic carbocycles. The van der Waals surface area contributed by atoms with Gasteiger partial charge in [-0.15, -0.1) is 0 Å². The van der Waals surface area contributed by atoms with Crippen molar-refractivity contribution in [3.63, 3.8) is 0 Å². The third-order valence-corrected chi connectivity index (χ3v) is 5.36. The van der Waals surface area contributed by atoms with Crippen molar-refractivity contribution in [3.05, 3.63) is 28.8 Å². The maximum absolute atomic E-state index is 12.7. The zero-order valence-electron chi connectivity index (χ0n) is 12.7.